The molecule has 0 bridgehead atoms. The van der Waals surface area contributed by atoms with Gasteiger partial charge in [-0.1, -0.05) is 24.3 Å². The molecule has 0 saturated carbocycles. The first kappa shape index (κ1) is 21.6. The van der Waals surface area contributed by atoms with Gasteiger partial charge in [-0.05, 0) is 42.0 Å². The SMILES string of the molecule is COc1ccc([C@@H]2CC(=O)Oc3ccc4c(c32)O/C(=C\c2cccc(OC)c2OC)C4=O)cc1. The first-order valence-corrected chi connectivity index (χ1v) is 10.7. The molecular formula is C27H22O7. The van der Waals surface area contributed by atoms with E-state index in [1.54, 1.807) is 44.6 Å². The predicted molar refractivity (Wildman–Crippen MR) is 124 cm³/mol. The maximum Gasteiger partial charge on any atom is 0.312 e. The van der Waals surface area contributed by atoms with Crippen molar-refractivity contribution in [2.45, 2.75) is 12.3 Å². The van der Waals surface area contributed by atoms with Crippen molar-refractivity contribution in [2.75, 3.05) is 21.3 Å². The molecule has 7 nitrogen and oxygen atoms in total. The summed E-state index contributed by atoms with van der Waals surface area (Å²) in [4.78, 5) is 25.6. The van der Waals surface area contributed by atoms with E-state index in [4.69, 9.17) is 23.7 Å². The van der Waals surface area contributed by atoms with Crippen LogP contribution >= 0.6 is 0 Å². The molecule has 0 saturated heterocycles. The number of carbonyl (C=O) groups is 2. The second kappa shape index (κ2) is 8.59. The van der Waals surface area contributed by atoms with Gasteiger partial charge in [0.2, 0.25) is 5.78 Å². The fourth-order valence-electron chi connectivity index (χ4n) is 4.39. The quantitative estimate of drug-likeness (QED) is 0.310. The molecule has 0 aromatic heterocycles. The molecule has 0 fully saturated rings. The molecule has 172 valence electrons. The van der Waals surface area contributed by atoms with Crippen LogP contribution < -0.4 is 23.7 Å². The first-order valence-electron chi connectivity index (χ1n) is 10.7. The largest absolute Gasteiger partial charge is 0.497 e. The number of ketones is 1. The number of rotatable bonds is 5. The fourth-order valence-corrected chi connectivity index (χ4v) is 4.39. The summed E-state index contributed by atoms with van der Waals surface area (Å²) in [6.07, 6.45) is 1.77. The van der Waals surface area contributed by atoms with Crippen molar-refractivity contribution in [3.8, 4) is 28.7 Å². The van der Waals surface area contributed by atoms with E-state index in [0.717, 1.165) is 5.56 Å². The van der Waals surface area contributed by atoms with E-state index in [-0.39, 0.29) is 29.9 Å². The molecule has 0 radical (unpaired) electrons. The van der Waals surface area contributed by atoms with Crippen LogP contribution in [-0.2, 0) is 4.79 Å². The highest BCUT2D eigenvalue weighted by molar-refractivity contribution is 6.15. The van der Waals surface area contributed by atoms with Crippen LogP contribution in [0, 0.1) is 0 Å². The van der Waals surface area contributed by atoms with E-state index in [2.05, 4.69) is 0 Å². The Balaban J connectivity index is 1.59. The number of fused-ring (bicyclic) bond motifs is 3. The molecular weight excluding hydrogens is 436 g/mol. The minimum absolute atomic E-state index is 0.135. The average Bonchev–Trinajstić information content (AvgIpc) is 3.18. The van der Waals surface area contributed by atoms with Crippen molar-refractivity contribution in [2.24, 2.45) is 0 Å². The summed E-state index contributed by atoms with van der Waals surface area (Å²) in [5.41, 5.74) is 2.64. The van der Waals surface area contributed by atoms with E-state index >= 15 is 0 Å². The van der Waals surface area contributed by atoms with Gasteiger partial charge < -0.3 is 23.7 Å². The van der Waals surface area contributed by atoms with Gasteiger partial charge >= 0.3 is 5.97 Å². The number of hydrogen-bond acceptors (Lipinski definition) is 7. The van der Waals surface area contributed by atoms with Gasteiger partial charge in [0.1, 0.15) is 17.2 Å². The van der Waals surface area contributed by atoms with Crippen LogP contribution in [0.25, 0.3) is 6.08 Å². The van der Waals surface area contributed by atoms with Gasteiger partial charge in [-0.15, -0.1) is 0 Å². The minimum Gasteiger partial charge on any atom is -0.497 e. The van der Waals surface area contributed by atoms with Gasteiger partial charge in [-0.25, -0.2) is 0 Å². The number of para-hydroxylation sites is 1. The monoisotopic (exact) mass is 458 g/mol. The maximum atomic E-state index is 13.2. The van der Waals surface area contributed by atoms with E-state index in [1.165, 1.54) is 7.11 Å². The summed E-state index contributed by atoms with van der Waals surface area (Å²) in [6.45, 7) is 0. The molecule has 3 aromatic carbocycles. The summed E-state index contributed by atoms with van der Waals surface area (Å²) in [7, 11) is 4.69. The van der Waals surface area contributed by atoms with Crippen LogP contribution in [0.2, 0.25) is 0 Å². The Hall–Kier alpha value is -4.26. The number of methoxy groups -OCH3 is 3. The van der Waals surface area contributed by atoms with E-state index < -0.39 is 0 Å². The summed E-state index contributed by atoms with van der Waals surface area (Å²) in [5, 5.41) is 0. The van der Waals surface area contributed by atoms with Crippen molar-refractivity contribution >= 4 is 17.8 Å². The predicted octanol–water partition coefficient (Wildman–Crippen LogP) is 4.77. The highest BCUT2D eigenvalue weighted by Crippen LogP contribution is 2.49. The number of Topliss-reactive ketones (excluding diaryl/α,β-unsaturated/α-hetero) is 1. The highest BCUT2D eigenvalue weighted by atomic mass is 16.5. The van der Waals surface area contributed by atoms with Crippen molar-refractivity contribution in [1.29, 1.82) is 0 Å². The number of carbonyl (C=O) groups excluding carboxylic acids is 2. The molecule has 34 heavy (non-hydrogen) atoms. The normalized spacial score (nSPS) is 17.5. The van der Waals surface area contributed by atoms with Gasteiger partial charge in [-0.3, -0.25) is 9.59 Å². The second-order valence-corrected chi connectivity index (χ2v) is 7.88. The van der Waals surface area contributed by atoms with Crippen molar-refractivity contribution in [1.82, 2.24) is 0 Å². The van der Waals surface area contributed by atoms with E-state index in [1.807, 2.05) is 30.3 Å². The average molecular weight is 458 g/mol. The first-order chi connectivity index (χ1) is 16.5. The molecule has 5 rings (SSSR count). The number of ether oxygens (including phenoxy) is 5. The number of hydrogen-bond donors (Lipinski definition) is 0. The molecule has 0 amide bonds. The number of esters is 1. The van der Waals surface area contributed by atoms with Gasteiger partial charge in [0.25, 0.3) is 0 Å². The third-order valence-corrected chi connectivity index (χ3v) is 6.02. The summed E-state index contributed by atoms with van der Waals surface area (Å²) < 4.78 is 27.7. The molecule has 2 heterocycles. The summed E-state index contributed by atoms with van der Waals surface area (Å²) in [5.74, 6) is 1.79. The van der Waals surface area contributed by atoms with Crippen LogP contribution in [0.5, 0.6) is 28.7 Å². The second-order valence-electron chi connectivity index (χ2n) is 7.88. The standard InChI is InChI=1S/C27H22O7/c1-30-17-9-7-15(8-10-17)19-14-23(28)33-20-12-11-18-25(29)22(34-27(18)24(19)20)13-16-5-4-6-21(31-2)26(16)32-3/h4-13,19H,14H2,1-3H3/b22-13-/t19-/m0/s1. The number of allylic oxidation sites excluding steroid dienone is 1. The Bertz CT molecular complexity index is 1320. The van der Waals surface area contributed by atoms with Crippen LogP contribution in [0.1, 0.15) is 39.4 Å². The molecule has 0 unspecified atom stereocenters. The van der Waals surface area contributed by atoms with Gasteiger partial charge in [0.15, 0.2) is 17.3 Å². The lowest BCUT2D eigenvalue weighted by atomic mass is 9.84. The fraction of sp³-hybridized carbons (Fsp3) is 0.185. The van der Waals surface area contributed by atoms with Crippen LogP contribution in [-0.4, -0.2) is 33.1 Å². The third-order valence-electron chi connectivity index (χ3n) is 6.02. The summed E-state index contributed by atoms with van der Waals surface area (Å²) >= 11 is 0. The Morgan fingerprint density at radius 2 is 1.68 bits per heavy atom. The zero-order valence-electron chi connectivity index (χ0n) is 18.9. The Labute approximate surface area is 196 Å². The third kappa shape index (κ3) is 3.55. The van der Waals surface area contributed by atoms with Gasteiger partial charge in [-0.2, -0.15) is 0 Å². The number of benzene rings is 3. The lowest BCUT2D eigenvalue weighted by Crippen LogP contribution is -2.21. The van der Waals surface area contributed by atoms with Crippen LogP contribution in [0.4, 0.5) is 0 Å². The Morgan fingerprint density at radius 1 is 0.882 bits per heavy atom. The van der Waals surface area contributed by atoms with Gasteiger partial charge in [0, 0.05) is 17.0 Å². The molecule has 0 spiro atoms. The topological polar surface area (TPSA) is 80.3 Å². The lowest BCUT2D eigenvalue weighted by molar-refractivity contribution is -0.135. The minimum atomic E-state index is -0.338. The molecule has 2 aliphatic rings. The maximum absolute atomic E-state index is 13.2. The van der Waals surface area contributed by atoms with E-state index in [0.29, 0.717) is 45.4 Å². The van der Waals surface area contributed by atoms with Crippen LogP contribution in [0.15, 0.2) is 60.4 Å². The van der Waals surface area contributed by atoms with Crippen molar-refractivity contribution in [3.63, 3.8) is 0 Å². The molecule has 1 atom stereocenters. The molecule has 0 N–H and O–H groups in total. The van der Waals surface area contributed by atoms with Crippen LogP contribution in [0.3, 0.4) is 0 Å². The van der Waals surface area contributed by atoms with Crippen molar-refractivity contribution in [3.05, 3.63) is 82.6 Å². The molecule has 7 heteroatoms. The molecule has 3 aromatic rings. The Kier molecular flexibility index (Phi) is 5.45. The van der Waals surface area contributed by atoms with Gasteiger partial charge in [0.05, 0.1) is 33.3 Å². The summed E-state index contributed by atoms with van der Waals surface area (Å²) in [6, 6.07) is 16.2. The molecule has 0 aliphatic carbocycles. The lowest BCUT2D eigenvalue weighted by Gasteiger charge is -2.26. The van der Waals surface area contributed by atoms with Crippen molar-refractivity contribution < 1.29 is 33.3 Å². The smallest absolute Gasteiger partial charge is 0.312 e. The Morgan fingerprint density at radius 3 is 2.38 bits per heavy atom. The molecule has 2 aliphatic heterocycles. The zero-order valence-corrected chi connectivity index (χ0v) is 18.9. The highest BCUT2D eigenvalue weighted by Gasteiger charge is 2.38. The van der Waals surface area contributed by atoms with E-state index in [9.17, 15) is 9.59 Å². The zero-order chi connectivity index (χ0) is 23.8.